The van der Waals surface area contributed by atoms with Crippen LogP contribution >= 0.6 is 12.4 Å². The van der Waals surface area contributed by atoms with Crippen molar-refractivity contribution in [3.63, 3.8) is 0 Å². The smallest absolute Gasteiger partial charge is 0.227 e. The Bertz CT molecular complexity index is 388. The van der Waals surface area contributed by atoms with Gasteiger partial charge in [0.1, 0.15) is 5.82 Å². The van der Waals surface area contributed by atoms with Gasteiger partial charge in [-0.3, -0.25) is 4.79 Å². The lowest BCUT2D eigenvalue weighted by Crippen LogP contribution is -2.14. The first-order chi connectivity index (χ1) is 8.17. The molecule has 1 heterocycles. The Kier molecular flexibility index (Phi) is 7.82. The fourth-order valence-corrected chi connectivity index (χ4v) is 1.20. The van der Waals surface area contributed by atoms with Gasteiger partial charge in [0, 0.05) is 13.2 Å². The van der Waals surface area contributed by atoms with E-state index in [0.717, 1.165) is 0 Å². The van der Waals surface area contributed by atoms with Crippen LogP contribution in [0, 0.1) is 0 Å². The molecule has 0 aromatic carbocycles. The number of hydrogen-bond donors (Lipinski definition) is 2. The number of nitrogens with two attached hydrogens (primary N) is 1. The molecule has 0 aliphatic carbocycles. The number of aromatic nitrogens is 1. The number of nitrogens with one attached hydrogen (secondary N) is 1. The molecule has 6 nitrogen and oxygen atoms in total. The number of nitrogen functional groups attached to an aromatic ring is 1. The van der Waals surface area contributed by atoms with Gasteiger partial charge >= 0.3 is 0 Å². The first kappa shape index (κ1) is 16.5. The van der Waals surface area contributed by atoms with Gasteiger partial charge in [0.2, 0.25) is 5.91 Å². The van der Waals surface area contributed by atoms with Crippen LogP contribution in [0.2, 0.25) is 0 Å². The van der Waals surface area contributed by atoms with Crippen molar-refractivity contribution >= 4 is 29.8 Å². The van der Waals surface area contributed by atoms with Crippen molar-refractivity contribution in [1.82, 2.24) is 4.98 Å². The standard InChI is InChI=1S/C11H17N3O3.ClH/c1-3-17-9-7-13-10(6-8(9)12)14-11(15)4-5-16-2;/h6-7H,3-5H2,1-2H3,(H3,12,13,14,15);1H. The fourth-order valence-electron chi connectivity index (χ4n) is 1.20. The summed E-state index contributed by atoms with van der Waals surface area (Å²) in [4.78, 5) is 15.4. The van der Waals surface area contributed by atoms with Gasteiger partial charge in [0.25, 0.3) is 0 Å². The van der Waals surface area contributed by atoms with Crippen molar-refractivity contribution in [2.45, 2.75) is 13.3 Å². The maximum Gasteiger partial charge on any atom is 0.227 e. The molecule has 7 heteroatoms. The zero-order chi connectivity index (χ0) is 12.7. The van der Waals surface area contributed by atoms with Crippen LogP contribution < -0.4 is 15.8 Å². The molecule has 0 saturated carbocycles. The van der Waals surface area contributed by atoms with E-state index in [1.165, 1.54) is 6.20 Å². The molecule has 0 spiro atoms. The van der Waals surface area contributed by atoms with Crippen LogP contribution in [0.5, 0.6) is 5.75 Å². The van der Waals surface area contributed by atoms with Crippen molar-refractivity contribution in [3.05, 3.63) is 12.3 Å². The minimum absolute atomic E-state index is 0. The number of amides is 1. The van der Waals surface area contributed by atoms with Crippen LogP contribution in [-0.4, -0.2) is 31.2 Å². The molecule has 1 aromatic rings. The summed E-state index contributed by atoms with van der Waals surface area (Å²) in [5.74, 6) is 0.761. The molecule has 3 N–H and O–H groups in total. The summed E-state index contributed by atoms with van der Waals surface area (Å²) in [5, 5.41) is 2.62. The fraction of sp³-hybridized carbons (Fsp3) is 0.455. The molecule has 0 bridgehead atoms. The van der Waals surface area contributed by atoms with E-state index >= 15 is 0 Å². The maximum atomic E-state index is 11.4. The van der Waals surface area contributed by atoms with Crippen molar-refractivity contribution in [3.8, 4) is 5.75 Å². The van der Waals surface area contributed by atoms with Gasteiger partial charge in [-0.05, 0) is 6.92 Å². The minimum atomic E-state index is -0.164. The van der Waals surface area contributed by atoms with E-state index in [1.54, 1.807) is 13.2 Å². The molecule has 0 aliphatic rings. The lowest BCUT2D eigenvalue weighted by atomic mass is 10.3. The van der Waals surface area contributed by atoms with Crippen LogP contribution in [0.4, 0.5) is 11.5 Å². The average molecular weight is 276 g/mol. The number of nitrogens with zero attached hydrogens (tertiary/aromatic N) is 1. The number of pyridine rings is 1. The van der Waals surface area contributed by atoms with Crippen LogP contribution in [0.1, 0.15) is 13.3 Å². The SMILES string of the molecule is CCOc1cnc(NC(=O)CCOC)cc1N.Cl. The van der Waals surface area contributed by atoms with Gasteiger partial charge in [-0.1, -0.05) is 0 Å². The van der Waals surface area contributed by atoms with E-state index in [9.17, 15) is 4.79 Å². The van der Waals surface area contributed by atoms with Crippen molar-refractivity contribution in [2.75, 3.05) is 31.4 Å². The highest BCUT2D eigenvalue weighted by Gasteiger charge is 2.06. The van der Waals surface area contributed by atoms with Crippen molar-refractivity contribution in [2.24, 2.45) is 0 Å². The summed E-state index contributed by atoms with van der Waals surface area (Å²) in [7, 11) is 1.54. The third-order valence-electron chi connectivity index (χ3n) is 2.00. The highest BCUT2D eigenvalue weighted by atomic mass is 35.5. The summed E-state index contributed by atoms with van der Waals surface area (Å²) in [6.45, 7) is 2.75. The molecule has 0 aliphatic heterocycles. The predicted octanol–water partition coefficient (Wildman–Crippen LogP) is 1.46. The Morgan fingerprint density at radius 1 is 1.56 bits per heavy atom. The molecule has 102 valence electrons. The second kappa shape index (κ2) is 8.54. The molecule has 0 fully saturated rings. The minimum Gasteiger partial charge on any atom is -0.490 e. The average Bonchev–Trinajstić information content (AvgIpc) is 2.30. The number of carbonyl (C=O) groups excluding carboxylic acids is 1. The molecule has 1 aromatic heterocycles. The molecule has 1 rings (SSSR count). The van der Waals surface area contributed by atoms with Gasteiger partial charge < -0.3 is 20.5 Å². The summed E-state index contributed by atoms with van der Waals surface area (Å²) >= 11 is 0. The molecule has 0 unspecified atom stereocenters. The molecule has 1 amide bonds. The Balaban J connectivity index is 0.00000289. The van der Waals surface area contributed by atoms with Gasteiger partial charge in [0.05, 0.1) is 31.5 Å². The lowest BCUT2D eigenvalue weighted by molar-refractivity contribution is -0.117. The Morgan fingerprint density at radius 2 is 2.28 bits per heavy atom. The summed E-state index contributed by atoms with van der Waals surface area (Å²) in [6.07, 6.45) is 1.77. The van der Waals surface area contributed by atoms with Gasteiger partial charge in [-0.2, -0.15) is 0 Å². The van der Waals surface area contributed by atoms with Crippen molar-refractivity contribution < 1.29 is 14.3 Å². The summed E-state index contributed by atoms with van der Waals surface area (Å²) < 4.78 is 10.0. The van der Waals surface area contributed by atoms with E-state index < -0.39 is 0 Å². The van der Waals surface area contributed by atoms with Gasteiger partial charge in [-0.25, -0.2) is 4.98 Å². The van der Waals surface area contributed by atoms with E-state index in [4.69, 9.17) is 15.2 Å². The Morgan fingerprint density at radius 3 is 2.83 bits per heavy atom. The number of carbonyl (C=O) groups is 1. The van der Waals surface area contributed by atoms with E-state index in [2.05, 4.69) is 10.3 Å². The Hall–Kier alpha value is -1.53. The lowest BCUT2D eigenvalue weighted by Gasteiger charge is -2.08. The third kappa shape index (κ3) is 5.20. The molecule has 0 atom stereocenters. The van der Waals surface area contributed by atoms with Crippen molar-refractivity contribution in [1.29, 1.82) is 0 Å². The van der Waals surface area contributed by atoms with E-state index in [-0.39, 0.29) is 24.7 Å². The molecular weight excluding hydrogens is 258 g/mol. The number of hydrogen-bond acceptors (Lipinski definition) is 5. The van der Waals surface area contributed by atoms with Crippen LogP contribution in [0.15, 0.2) is 12.3 Å². The second-order valence-electron chi connectivity index (χ2n) is 3.33. The predicted molar refractivity (Wildman–Crippen MR) is 72.2 cm³/mol. The normalized spacial score (nSPS) is 9.44. The zero-order valence-electron chi connectivity index (χ0n) is 10.4. The van der Waals surface area contributed by atoms with Gasteiger partial charge in [-0.15, -0.1) is 12.4 Å². The number of halogens is 1. The maximum absolute atomic E-state index is 11.4. The molecule has 18 heavy (non-hydrogen) atoms. The number of ether oxygens (including phenoxy) is 2. The first-order valence-corrected chi connectivity index (χ1v) is 5.34. The summed E-state index contributed by atoms with van der Waals surface area (Å²) in [5.41, 5.74) is 6.19. The van der Waals surface area contributed by atoms with Gasteiger partial charge in [0.15, 0.2) is 5.75 Å². The first-order valence-electron chi connectivity index (χ1n) is 5.34. The quantitative estimate of drug-likeness (QED) is 0.821. The number of anilines is 2. The monoisotopic (exact) mass is 275 g/mol. The highest BCUT2D eigenvalue weighted by Crippen LogP contribution is 2.22. The zero-order valence-corrected chi connectivity index (χ0v) is 11.3. The second-order valence-corrected chi connectivity index (χ2v) is 3.33. The van der Waals surface area contributed by atoms with Crippen LogP contribution in [-0.2, 0) is 9.53 Å². The topological polar surface area (TPSA) is 86.5 Å². The number of methoxy groups -OCH3 is 1. The Labute approximate surface area is 112 Å². The molecular formula is C11H18ClN3O3. The van der Waals surface area contributed by atoms with E-state index in [1.807, 2.05) is 6.92 Å². The van der Waals surface area contributed by atoms with Crippen LogP contribution in [0.25, 0.3) is 0 Å². The third-order valence-corrected chi connectivity index (χ3v) is 2.00. The molecule has 0 radical (unpaired) electrons. The highest BCUT2D eigenvalue weighted by molar-refractivity contribution is 5.90. The van der Waals surface area contributed by atoms with E-state index in [0.29, 0.717) is 30.5 Å². The number of rotatable bonds is 6. The summed E-state index contributed by atoms with van der Waals surface area (Å²) in [6, 6.07) is 1.57. The van der Waals surface area contributed by atoms with Crippen LogP contribution in [0.3, 0.4) is 0 Å². The molecule has 0 saturated heterocycles. The largest absolute Gasteiger partial charge is 0.490 e.